The molecule has 1 aromatic heterocycles. The molecule has 0 spiro atoms. The third-order valence-electron chi connectivity index (χ3n) is 3.63. The van der Waals surface area contributed by atoms with Gasteiger partial charge in [-0.25, -0.2) is 0 Å². The standard InChI is InChI=1S/C18H23ClN2O/c1-3-16(11-13-20-2)22-18(17-6-4-5-12-21-17)14-7-9-15(19)10-8-14/h4-10,12,16,18,20H,3,11,13H2,1-2H3/t16?,18-/m0/s1. The lowest BCUT2D eigenvalue weighted by molar-refractivity contribution is -0.00000381. The maximum atomic E-state index is 6.37. The Bertz CT molecular complexity index is 545. The topological polar surface area (TPSA) is 34.1 Å². The zero-order valence-electron chi connectivity index (χ0n) is 13.1. The molecule has 3 nitrogen and oxygen atoms in total. The number of benzene rings is 1. The quantitative estimate of drug-likeness (QED) is 0.791. The molecule has 1 heterocycles. The van der Waals surface area contributed by atoms with Crippen molar-refractivity contribution in [2.45, 2.75) is 32.0 Å². The Morgan fingerprint density at radius 3 is 2.55 bits per heavy atom. The van der Waals surface area contributed by atoms with Crippen LogP contribution >= 0.6 is 11.6 Å². The van der Waals surface area contributed by atoms with Crippen molar-refractivity contribution in [2.24, 2.45) is 0 Å². The maximum absolute atomic E-state index is 6.37. The molecule has 0 radical (unpaired) electrons. The fraction of sp³-hybridized carbons (Fsp3) is 0.389. The summed E-state index contributed by atoms with van der Waals surface area (Å²) >= 11 is 6.00. The first kappa shape index (κ1) is 16.9. The molecule has 0 bridgehead atoms. The van der Waals surface area contributed by atoms with Gasteiger partial charge in [0.2, 0.25) is 0 Å². The summed E-state index contributed by atoms with van der Waals surface area (Å²) < 4.78 is 6.37. The van der Waals surface area contributed by atoms with Crippen LogP contribution in [-0.4, -0.2) is 24.7 Å². The zero-order chi connectivity index (χ0) is 15.8. The largest absolute Gasteiger partial charge is 0.364 e. The summed E-state index contributed by atoms with van der Waals surface area (Å²) in [7, 11) is 1.96. The van der Waals surface area contributed by atoms with Gasteiger partial charge in [-0.1, -0.05) is 36.7 Å². The predicted octanol–water partition coefficient (Wildman–Crippen LogP) is 4.23. The van der Waals surface area contributed by atoms with Gasteiger partial charge in [-0.3, -0.25) is 4.98 Å². The molecule has 0 amide bonds. The van der Waals surface area contributed by atoms with Crippen molar-refractivity contribution in [3.63, 3.8) is 0 Å². The molecule has 0 saturated carbocycles. The molecule has 0 fully saturated rings. The molecule has 0 aliphatic heterocycles. The lowest BCUT2D eigenvalue weighted by atomic mass is 10.0. The van der Waals surface area contributed by atoms with E-state index in [1.54, 1.807) is 6.20 Å². The van der Waals surface area contributed by atoms with E-state index in [-0.39, 0.29) is 12.2 Å². The number of hydrogen-bond acceptors (Lipinski definition) is 3. The Hall–Kier alpha value is -1.42. The van der Waals surface area contributed by atoms with Crippen LogP contribution in [0.3, 0.4) is 0 Å². The van der Waals surface area contributed by atoms with E-state index in [1.165, 1.54) is 0 Å². The number of halogens is 1. The number of nitrogens with one attached hydrogen (secondary N) is 1. The number of pyridine rings is 1. The Balaban J connectivity index is 2.23. The Labute approximate surface area is 137 Å². The first-order chi connectivity index (χ1) is 10.7. The van der Waals surface area contributed by atoms with Gasteiger partial charge in [0.1, 0.15) is 6.10 Å². The van der Waals surface area contributed by atoms with Crippen LogP contribution in [0.5, 0.6) is 0 Å². The van der Waals surface area contributed by atoms with Crippen molar-refractivity contribution < 1.29 is 4.74 Å². The van der Waals surface area contributed by atoms with Crippen LogP contribution < -0.4 is 5.32 Å². The third kappa shape index (κ3) is 4.80. The normalized spacial score (nSPS) is 13.8. The van der Waals surface area contributed by atoms with Crippen molar-refractivity contribution in [3.8, 4) is 0 Å². The Morgan fingerprint density at radius 1 is 1.18 bits per heavy atom. The third-order valence-corrected chi connectivity index (χ3v) is 3.88. The first-order valence-corrected chi connectivity index (χ1v) is 8.08. The van der Waals surface area contributed by atoms with Gasteiger partial charge in [0.15, 0.2) is 0 Å². The number of rotatable bonds is 8. The van der Waals surface area contributed by atoms with E-state index in [1.807, 2.05) is 49.5 Å². The summed E-state index contributed by atoms with van der Waals surface area (Å²) in [5.74, 6) is 0. The Kier molecular flexibility index (Phi) is 6.84. The summed E-state index contributed by atoms with van der Waals surface area (Å²) in [6.45, 7) is 3.09. The smallest absolute Gasteiger partial charge is 0.125 e. The minimum atomic E-state index is -0.166. The summed E-state index contributed by atoms with van der Waals surface area (Å²) in [4.78, 5) is 4.47. The number of hydrogen-bond donors (Lipinski definition) is 1. The highest BCUT2D eigenvalue weighted by Gasteiger charge is 2.20. The number of nitrogens with zero attached hydrogens (tertiary/aromatic N) is 1. The van der Waals surface area contributed by atoms with Gasteiger partial charge in [0.25, 0.3) is 0 Å². The van der Waals surface area contributed by atoms with Crippen molar-refractivity contribution in [3.05, 3.63) is 64.9 Å². The number of aromatic nitrogens is 1. The van der Waals surface area contributed by atoms with E-state index < -0.39 is 0 Å². The van der Waals surface area contributed by atoms with E-state index in [9.17, 15) is 0 Å². The van der Waals surface area contributed by atoms with E-state index in [0.29, 0.717) is 0 Å². The fourth-order valence-corrected chi connectivity index (χ4v) is 2.48. The molecule has 2 rings (SSSR count). The zero-order valence-corrected chi connectivity index (χ0v) is 13.9. The minimum Gasteiger partial charge on any atom is -0.364 e. The highest BCUT2D eigenvalue weighted by atomic mass is 35.5. The number of ether oxygens (including phenoxy) is 1. The fourth-order valence-electron chi connectivity index (χ4n) is 2.35. The molecule has 22 heavy (non-hydrogen) atoms. The molecule has 2 atom stereocenters. The van der Waals surface area contributed by atoms with Crippen LogP contribution in [0, 0.1) is 0 Å². The van der Waals surface area contributed by atoms with Gasteiger partial charge >= 0.3 is 0 Å². The van der Waals surface area contributed by atoms with Crippen LogP contribution in [0.1, 0.15) is 37.1 Å². The lowest BCUT2D eigenvalue weighted by Crippen LogP contribution is -2.22. The highest BCUT2D eigenvalue weighted by Crippen LogP contribution is 2.28. The first-order valence-electron chi connectivity index (χ1n) is 7.71. The molecule has 1 unspecified atom stereocenters. The van der Waals surface area contributed by atoms with Crippen molar-refractivity contribution in [2.75, 3.05) is 13.6 Å². The van der Waals surface area contributed by atoms with Crippen LogP contribution in [0.2, 0.25) is 5.02 Å². The average Bonchev–Trinajstić information content (AvgIpc) is 2.57. The molecule has 118 valence electrons. The van der Waals surface area contributed by atoms with E-state index in [2.05, 4.69) is 17.2 Å². The van der Waals surface area contributed by atoms with Gasteiger partial charge in [-0.2, -0.15) is 0 Å². The van der Waals surface area contributed by atoms with Gasteiger partial charge in [-0.15, -0.1) is 0 Å². The SMILES string of the molecule is CCC(CCNC)O[C@@H](c1ccc(Cl)cc1)c1ccccn1. The molecule has 0 aliphatic carbocycles. The second-order valence-electron chi connectivity index (χ2n) is 5.24. The van der Waals surface area contributed by atoms with E-state index in [0.717, 1.165) is 35.7 Å². The molecule has 1 N–H and O–H groups in total. The van der Waals surface area contributed by atoms with Gasteiger partial charge in [0, 0.05) is 11.2 Å². The van der Waals surface area contributed by atoms with Gasteiger partial charge in [0.05, 0.1) is 11.8 Å². The van der Waals surface area contributed by atoms with Crippen molar-refractivity contribution >= 4 is 11.6 Å². The molecular weight excluding hydrogens is 296 g/mol. The van der Waals surface area contributed by atoms with Gasteiger partial charge < -0.3 is 10.1 Å². The van der Waals surface area contributed by atoms with Crippen LogP contribution in [0.15, 0.2) is 48.7 Å². The summed E-state index contributed by atoms with van der Waals surface area (Å²) in [5.41, 5.74) is 2.00. The average molecular weight is 319 g/mol. The van der Waals surface area contributed by atoms with Gasteiger partial charge in [-0.05, 0) is 56.3 Å². The summed E-state index contributed by atoms with van der Waals surface area (Å²) in [6.07, 6.45) is 3.77. The van der Waals surface area contributed by atoms with E-state index >= 15 is 0 Å². The summed E-state index contributed by atoms with van der Waals surface area (Å²) in [6, 6.07) is 13.7. The lowest BCUT2D eigenvalue weighted by Gasteiger charge is -2.24. The van der Waals surface area contributed by atoms with Crippen LogP contribution in [-0.2, 0) is 4.74 Å². The second-order valence-corrected chi connectivity index (χ2v) is 5.68. The molecule has 1 aromatic carbocycles. The van der Waals surface area contributed by atoms with Crippen molar-refractivity contribution in [1.82, 2.24) is 10.3 Å². The molecule has 0 saturated heterocycles. The molecule has 4 heteroatoms. The predicted molar refractivity (Wildman–Crippen MR) is 91.2 cm³/mol. The molecule has 0 aliphatic rings. The maximum Gasteiger partial charge on any atom is 0.125 e. The molecule has 2 aromatic rings. The van der Waals surface area contributed by atoms with Crippen molar-refractivity contribution in [1.29, 1.82) is 0 Å². The van der Waals surface area contributed by atoms with E-state index in [4.69, 9.17) is 16.3 Å². The van der Waals surface area contributed by atoms with Crippen LogP contribution in [0.25, 0.3) is 0 Å². The summed E-state index contributed by atoms with van der Waals surface area (Å²) in [5, 5.41) is 3.91. The highest BCUT2D eigenvalue weighted by molar-refractivity contribution is 6.30. The second kappa shape index (κ2) is 8.89. The Morgan fingerprint density at radius 2 is 1.95 bits per heavy atom. The minimum absolute atomic E-state index is 0.166. The molecular formula is C18H23ClN2O. The van der Waals surface area contributed by atoms with Crippen LogP contribution in [0.4, 0.5) is 0 Å². The monoisotopic (exact) mass is 318 g/mol.